The Labute approximate surface area is 184 Å². The predicted molar refractivity (Wildman–Crippen MR) is 115 cm³/mol. The fourth-order valence-corrected chi connectivity index (χ4v) is 6.53. The molecule has 1 aliphatic carbocycles. The van der Waals surface area contributed by atoms with Gasteiger partial charge in [0.25, 0.3) is 0 Å². The number of hydrogen-bond acceptors (Lipinski definition) is 7. The number of aryl methyl sites for hydroxylation is 1. The van der Waals surface area contributed by atoms with Crippen LogP contribution < -0.4 is 5.32 Å². The van der Waals surface area contributed by atoms with Crippen LogP contribution in [0.5, 0.6) is 0 Å². The smallest absolute Gasteiger partial charge is 0.317 e. The van der Waals surface area contributed by atoms with Crippen molar-refractivity contribution in [2.24, 2.45) is 7.05 Å². The van der Waals surface area contributed by atoms with Crippen LogP contribution in [0.2, 0.25) is 0 Å². The van der Waals surface area contributed by atoms with Crippen molar-refractivity contribution in [3.05, 3.63) is 35.7 Å². The first kappa shape index (κ1) is 20.3. The maximum atomic E-state index is 13.2. The van der Waals surface area contributed by atoms with Crippen LogP contribution in [0.1, 0.15) is 30.1 Å². The van der Waals surface area contributed by atoms with Gasteiger partial charge in [-0.3, -0.25) is 4.68 Å². The van der Waals surface area contributed by atoms with Gasteiger partial charge in [-0.15, -0.1) is 0 Å². The number of nitrogens with zero attached hydrogens (tertiary/aromatic N) is 6. The highest BCUT2D eigenvalue weighted by Gasteiger charge is 2.33. The van der Waals surface area contributed by atoms with Gasteiger partial charge in [-0.05, 0) is 31.4 Å². The Kier molecular flexibility index (Phi) is 5.15. The number of piperazine rings is 1. The molecule has 164 valence electrons. The molecule has 2 amide bonds. The molecule has 1 N–H and O–H groups in total. The van der Waals surface area contributed by atoms with Crippen LogP contribution in [-0.2, 0) is 23.5 Å². The quantitative estimate of drug-likeness (QED) is 0.633. The number of carbonyl (C=O) groups excluding carboxylic acids is 1. The first-order chi connectivity index (χ1) is 14.9. The van der Waals surface area contributed by atoms with Crippen molar-refractivity contribution in [3.8, 4) is 0 Å². The lowest BCUT2D eigenvalue weighted by Gasteiger charge is -2.35. The van der Waals surface area contributed by atoms with Gasteiger partial charge in [-0.2, -0.15) is 18.2 Å². The number of hydrogen-bond donors (Lipinski definition) is 1. The van der Waals surface area contributed by atoms with Gasteiger partial charge >= 0.3 is 6.03 Å². The number of rotatable bonds is 3. The molecule has 3 aromatic rings. The van der Waals surface area contributed by atoms with E-state index in [4.69, 9.17) is 0 Å². The number of aromatic nitrogens is 4. The minimum Gasteiger partial charge on any atom is -0.331 e. The molecular formula is C19H23N7O3S2. The first-order valence-corrected chi connectivity index (χ1v) is 12.4. The van der Waals surface area contributed by atoms with Crippen molar-refractivity contribution >= 4 is 38.8 Å². The van der Waals surface area contributed by atoms with E-state index in [1.54, 1.807) is 23.1 Å². The zero-order chi connectivity index (χ0) is 21.6. The predicted octanol–water partition coefficient (Wildman–Crippen LogP) is 1.52. The molecule has 1 unspecified atom stereocenters. The third-order valence-electron chi connectivity index (χ3n) is 6.07. The number of benzene rings is 1. The molecule has 0 bridgehead atoms. The number of amides is 2. The van der Waals surface area contributed by atoms with E-state index in [2.05, 4.69) is 19.2 Å². The maximum Gasteiger partial charge on any atom is 0.317 e. The van der Waals surface area contributed by atoms with Crippen molar-refractivity contribution in [1.82, 2.24) is 33.0 Å². The SMILES string of the molecule is Cn1ncc2c1CCCC2NC(=O)N1CCN(S(=O)(=O)c2cccc3nsnc23)CC1. The van der Waals surface area contributed by atoms with Crippen LogP contribution in [0.3, 0.4) is 0 Å². The monoisotopic (exact) mass is 461 g/mol. The van der Waals surface area contributed by atoms with Gasteiger partial charge in [-0.25, -0.2) is 13.2 Å². The van der Waals surface area contributed by atoms with Gasteiger partial charge in [-0.1, -0.05) is 6.07 Å². The lowest BCUT2D eigenvalue weighted by molar-refractivity contribution is 0.168. The van der Waals surface area contributed by atoms with Crippen molar-refractivity contribution in [2.75, 3.05) is 26.2 Å². The van der Waals surface area contributed by atoms with Crippen LogP contribution in [0.25, 0.3) is 11.0 Å². The molecule has 2 aliphatic rings. The van der Waals surface area contributed by atoms with Gasteiger partial charge in [0.05, 0.1) is 24.0 Å². The molecule has 1 aromatic carbocycles. The zero-order valence-electron chi connectivity index (χ0n) is 17.1. The van der Waals surface area contributed by atoms with Crippen LogP contribution in [-0.4, -0.2) is 68.4 Å². The third-order valence-corrected chi connectivity index (χ3v) is 8.54. The topological polar surface area (TPSA) is 113 Å². The van der Waals surface area contributed by atoms with E-state index in [1.807, 2.05) is 17.9 Å². The van der Waals surface area contributed by atoms with Crippen molar-refractivity contribution in [2.45, 2.75) is 30.2 Å². The Morgan fingerprint density at radius 2 is 2.00 bits per heavy atom. The van der Waals surface area contributed by atoms with E-state index < -0.39 is 10.0 Å². The van der Waals surface area contributed by atoms with E-state index >= 15 is 0 Å². The van der Waals surface area contributed by atoms with E-state index in [-0.39, 0.29) is 30.1 Å². The summed E-state index contributed by atoms with van der Waals surface area (Å²) in [6.07, 6.45) is 4.68. The van der Waals surface area contributed by atoms with Crippen molar-refractivity contribution in [3.63, 3.8) is 0 Å². The molecule has 3 heterocycles. The van der Waals surface area contributed by atoms with Gasteiger partial charge in [0.2, 0.25) is 10.0 Å². The fraction of sp³-hybridized carbons (Fsp3) is 0.474. The second-order valence-electron chi connectivity index (χ2n) is 7.84. The second-order valence-corrected chi connectivity index (χ2v) is 10.3. The summed E-state index contributed by atoms with van der Waals surface area (Å²) in [4.78, 5) is 14.7. The van der Waals surface area contributed by atoms with E-state index in [9.17, 15) is 13.2 Å². The van der Waals surface area contributed by atoms with E-state index in [0.717, 1.165) is 42.2 Å². The summed E-state index contributed by atoms with van der Waals surface area (Å²) in [5.41, 5.74) is 3.22. The van der Waals surface area contributed by atoms with E-state index in [0.29, 0.717) is 24.1 Å². The largest absolute Gasteiger partial charge is 0.331 e. The molecule has 0 radical (unpaired) electrons. The number of urea groups is 1. The lowest BCUT2D eigenvalue weighted by atomic mass is 9.93. The molecule has 2 aromatic heterocycles. The normalized spacial score (nSPS) is 20.0. The van der Waals surface area contributed by atoms with Gasteiger partial charge < -0.3 is 10.2 Å². The molecule has 10 nitrogen and oxygen atoms in total. The van der Waals surface area contributed by atoms with Gasteiger partial charge in [0.15, 0.2) is 0 Å². The zero-order valence-corrected chi connectivity index (χ0v) is 18.7. The average Bonchev–Trinajstić information content (AvgIpc) is 3.41. The highest BCUT2D eigenvalue weighted by Crippen LogP contribution is 2.29. The Hall–Kier alpha value is -2.57. The summed E-state index contributed by atoms with van der Waals surface area (Å²) in [6, 6.07) is 4.77. The molecule has 1 fully saturated rings. The molecule has 1 atom stereocenters. The average molecular weight is 462 g/mol. The third kappa shape index (κ3) is 3.58. The molecule has 1 saturated heterocycles. The molecule has 1 aliphatic heterocycles. The summed E-state index contributed by atoms with van der Waals surface area (Å²) in [7, 11) is -1.78. The van der Waals surface area contributed by atoms with Crippen LogP contribution in [0, 0.1) is 0 Å². The number of sulfonamides is 1. The fourth-order valence-electron chi connectivity index (χ4n) is 4.36. The Morgan fingerprint density at radius 1 is 1.19 bits per heavy atom. The van der Waals surface area contributed by atoms with Gasteiger partial charge in [0.1, 0.15) is 15.9 Å². The lowest BCUT2D eigenvalue weighted by Crippen LogP contribution is -2.53. The molecule has 5 rings (SSSR count). The van der Waals surface area contributed by atoms with Crippen LogP contribution in [0.4, 0.5) is 4.79 Å². The van der Waals surface area contributed by atoms with Crippen LogP contribution >= 0.6 is 11.7 Å². The van der Waals surface area contributed by atoms with E-state index in [1.165, 1.54) is 4.31 Å². The summed E-state index contributed by atoms with van der Waals surface area (Å²) >= 11 is 0.997. The molecule has 0 saturated carbocycles. The number of carbonyl (C=O) groups is 1. The minimum atomic E-state index is -3.70. The highest BCUT2D eigenvalue weighted by molar-refractivity contribution is 7.89. The minimum absolute atomic E-state index is 0.0542. The molecular weight excluding hydrogens is 438 g/mol. The number of fused-ring (bicyclic) bond motifs is 2. The maximum absolute atomic E-state index is 13.2. The molecule has 31 heavy (non-hydrogen) atoms. The highest BCUT2D eigenvalue weighted by atomic mass is 32.2. The summed E-state index contributed by atoms with van der Waals surface area (Å²) in [6.45, 7) is 1.16. The molecule has 0 spiro atoms. The summed E-state index contributed by atoms with van der Waals surface area (Å²) in [5, 5.41) is 7.43. The summed E-state index contributed by atoms with van der Waals surface area (Å²) in [5.74, 6) is 0. The van der Waals surface area contributed by atoms with Crippen LogP contribution in [0.15, 0.2) is 29.3 Å². The summed E-state index contributed by atoms with van der Waals surface area (Å²) < 4.78 is 37.9. The Balaban J connectivity index is 1.25. The van der Waals surface area contributed by atoms with Crippen molar-refractivity contribution < 1.29 is 13.2 Å². The first-order valence-electron chi connectivity index (χ1n) is 10.2. The Bertz CT molecular complexity index is 1230. The van der Waals surface area contributed by atoms with Gasteiger partial charge in [0, 0.05) is 44.5 Å². The Morgan fingerprint density at radius 3 is 2.81 bits per heavy atom. The standard InChI is InChI=1S/C19H23N7O3S2/c1-24-16-6-2-4-14(13(16)12-20-24)21-19(27)25-8-10-26(11-9-25)31(28,29)17-7-3-5-15-18(17)23-30-22-15/h3,5,7,12,14H,2,4,6,8-11H2,1H3,(H,21,27). The number of nitrogens with one attached hydrogen (secondary N) is 1. The second kappa shape index (κ2) is 7.84. The van der Waals surface area contributed by atoms with Crippen molar-refractivity contribution in [1.29, 1.82) is 0 Å². The molecule has 12 heteroatoms.